The summed E-state index contributed by atoms with van der Waals surface area (Å²) < 4.78 is 1.97. The van der Waals surface area contributed by atoms with Gasteiger partial charge in [0.25, 0.3) is 11.5 Å². The second kappa shape index (κ2) is 13.3. The van der Waals surface area contributed by atoms with E-state index in [4.69, 9.17) is 17.3 Å². The first-order valence-electron chi connectivity index (χ1n) is 13.9. The van der Waals surface area contributed by atoms with Gasteiger partial charge < -0.3 is 26.8 Å². The summed E-state index contributed by atoms with van der Waals surface area (Å²) in [6.45, 7) is 1.98. The van der Waals surface area contributed by atoms with Gasteiger partial charge in [-0.05, 0) is 75.4 Å². The molecule has 2 heterocycles. The molecule has 1 aliphatic rings. The molecule has 44 heavy (non-hydrogen) atoms. The second-order valence-corrected chi connectivity index (χ2v) is 11.8. The number of nitrogens with one attached hydrogen (secondary N) is 3. The van der Waals surface area contributed by atoms with Gasteiger partial charge in [-0.15, -0.1) is 0 Å². The van der Waals surface area contributed by atoms with E-state index in [0.717, 1.165) is 16.7 Å². The summed E-state index contributed by atoms with van der Waals surface area (Å²) in [7, 11) is 0. The van der Waals surface area contributed by atoms with Crippen LogP contribution >= 0.6 is 27.5 Å². The summed E-state index contributed by atoms with van der Waals surface area (Å²) in [5, 5.41) is 19.0. The Balaban J connectivity index is 1.31. The van der Waals surface area contributed by atoms with Crippen LogP contribution in [-0.2, 0) is 22.7 Å². The molecule has 1 aliphatic heterocycles. The Morgan fingerprint density at radius 2 is 1.93 bits per heavy atom. The SMILES string of the molecule is C[C@@H](O)[C@H](N)C(=O)N[C@@H](CNC(=O)CCn1cnc2cc(Br)c(Cl)cc2c1=O)c1cccc(-c2ccc3c(c2)CNC3=O)c1. The molecule has 0 radical (unpaired) electrons. The van der Waals surface area contributed by atoms with E-state index in [2.05, 4.69) is 36.9 Å². The third kappa shape index (κ3) is 6.83. The van der Waals surface area contributed by atoms with Crippen LogP contribution in [0.1, 0.15) is 40.9 Å². The molecule has 6 N–H and O–H groups in total. The molecule has 11 nitrogen and oxygen atoms in total. The zero-order chi connectivity index (χ0) is 31.5. The van der Waals surface area contributed by atoms with E-state index in [1.165, 1.54) is 23.9 Å². The molecule has 3 atom stereocenters. The summed E-state index contributed by atoms with van der Waals surface area (Å²) in [4.78, 5) is 54.9. The topological polar surface area (TPSA) is 168 Å². The number of aryl methyl sites for hydroxylation is 1. The fourth-order valence-corrected chi connectivity index (χ4v) is 5.42. The van der Waals surface area contributed by atoms with Gasteiger partial charge in [0, 0.05) is 36.1 Å². The van der Waals surface area contributed by atoms with Crippen LogP contribution in [0.25, 0.3) is 22.0 Å². The molecule has 0 spiro atoms. The fourth-order valence-electron chi connectivity index (χ4n) is 4.93. The van der Waals surface area contributed by atoms with Crippen molar-refractivity contribution < 1.29 is 19.5 Å². The summed E-state index contributed by atoms with van der Waals surface area (Å²) in [5.74, 6) is -1.03. The van der Waals surface area contributed by atoms with Crippen molar-refractivity contribution in [3.63, 3.8) is 0 Å². The minimum absolute atomic E-state index is 0.0207. The van der Waals surface area contributed by atoms with E-state index in [1.807, 2.05) is 36.4 Å². The van der Waals surface area contributed by atoms with Gasteiger partial charge in [0.15, 0.2) is 0 Å². The van der Waals surface area contributed by atoms with Gasteiger partial charge in [0.05, 0.1) is 34.4 Å². The average Bonchev–Trinajstić information content (AvgIpc) is 3.39. The Bertz CT molecular complexity index is 1830. The molecule has 3 amide bonds. The molecule has 0 saturated carbocycles. The van der Waals surface area contributed by atoms with Crippen molar-refractivity contribution >= 4 is 56.2 Å². The Morgan fingerprint density at radius 3 is 2.70 bits per heavy atom. The van der Waals surface area contributed by atoms with E-state index in [9.17, 15) is 24.3 Å². The van der Waals surface area contributed by atoms with Gasteiger partial charge in [-0.3, -0.25) is 23.7 Å². The van der Waals surface area contributed by atoms with E-state index in [1.54, 1.807) is 12.1 Å². The van der Waals surface area contributed by atoms with Crippen molar-refractivity contribution in [2.24, 2.45) is 5.73 Å². The maximum Gasteiger partial charge on any atom is 0.261 e. The number of carbonyl (C=O) groups excluding carboxylic acids is 3. The minimum Gasteiger partial charge on any atom is -0.391 e. The molecular weight excluding hydrogens is 652 g/mol. The number of aliphatic hydroxyl groups is 1. The molecule has 0 bridgehead atoms. The highest BCUT2D eigenvalue weighted by molar-refractivity contribution is 9.10. The zero-order valence-corrected chi connectivity index (χ0v) is 26.0. The minimum atomic E-state index is -1.17. The van der Waals surface area contributed by atoms with Crippen molar-refractivity contribution in [3.8, 4) is 11.1 Å². The highest BCUT2D eigenvalue weighted by Crippen LogP contribution is 2.28. The van der Waals surface area contributed by atoms with Crippen LogP contribution < -0.4 is 27.2 Å². The Morgan fingerprint density at radius 1 is 1.16 bits per heavy atom. The first-order chi connectivity index (χ1) is 21.0. The third-order valence-electron chi connectivity index (χ3n) is 7.50. The largest absolute Gasteiger partial charge is 0.391 e. The van der Waals surface area contributed by atoms with E-state index < -0.39 is 24.1 Å². The lowest BCUT2D eigenvalue weighted by molar-refractivity contribution is -0.126. The lowest BCUT2D eigenvalue weighted by atomic mass is 9.96. The summed E-state index contributed by atoms with van der Waals surface area (Å²) in [5.41, 5.74) is 10.0. The van der Waals surface area contributed by atoms with Crippen molar-refractivity contribution in [2.45, 2.75) is 44.6 Å². The standard InChI is InChI=1S/C31H30BrClN6O5/c1-16(40)28(34)30(43)38-26(19-4-2-3-17(9-19)18-5-6-21-20(10-18)13-36-29(21)42)14-35-27(41)7-8-39-15-37-25-12-23(32)24(33)11-22(25)31(39)44/h2-6,9-12,15-16,26,28,40H,7-8,13-14,34H2,1H3,(H,35,41)(H,36,42)(H,38,43)/t16-,26+,28+/m1/s1. The molecule has 0 aliphatic carbocycles. The number of benzene rings is 3. The molecular formula is C31H30BrClN6O5. The molecule has 0 unspecified atom stereocenters. The predicted octanol–water partition coefficient (Wildman–Crippen LogP) is 2.79. The number of halogens is 2. The number of hydrogen-bond donors (Lipinski definition) is 5. The number of nitrogens with zero attached hydrogens (tertiary/aromatic N) is 2. The number of hydrogen-bond acceptors (Lipinski definition) is 7. The zero-order valence-electron chi connectivity index (χ0n) is 23.6. The number of carbonyl (C=O) groups is 3. The van der Waals surface area contributed by atoms with Gasteiger partial charge in [-0.2, -0.15) is 0 Å². The summed E-state index contributed by atoms with van der Waals surface area (Å²) in [6, 6.07) is 14.4. The number of rotatable bonds is 10. The third-order valence-corrected chi connectivity index (χ3v) is 8.70. The van der Waals surface area contributed by atoms with Crippen molar-refractivity contribution in [1.29, 1.82) is 0 Å². The lowest BCUT2D eigenvalue weighted by Crippen LogP contribution is -2.49. The number of nitrogens with two attached hydrogens (primary N) is 1. The molecule has 3 aromatic carbocycles. The fraction of sp³-hybridized carbons (Fsp3) is 0.258. The second-order valence-electron chi connectivity index (χ2n) is 10.6. The smallest absolute Gasteiger partial charge is 0.261 e. The van der Waals surface area contributed by atoms with E-state index in [-0.39, 0.29) is 36.9 Å². The van der Waals surface area contributed by atoms with Crippen LogP contribution in [-0.4, -0.2) is 51.1 Å². The highest BCUT2D eigenvalue weighted by Gasteiger charge is 2.24. The van der Waals surface area contributed by atoms with Crippen LogP contribution in [0.2, 0.25) is 5.02 Å². The predicted molar refractivity (Wildman–Crippen MR) is 170 cm³/mol. The van der Waals surface area contributed by atoms with Crippen LogP contribution in [0.15, 0.2) is 70.2 Å². The molecule has 1 aromatic heterocycles. The summed E-state index contributed by atoms with van der Waals surface area (Å²) in [6.07, 6.45) is 0.284. The van der Waals surface area contributed by atoms with Gasteiger partial charge >= 0.3 is 0 Å². The van der Waals surface area contributed by atoms with Gasteiger partial charge in [-0.1, -0.05) is 35.9 Å². The molecule has 0 saturated heterocycles. The van der Waals surface area contributed by atoms with Gasteiger partial charge in [0.2, 0.25) is 11.8 Å². The first kappa shape index (κ1) is 31.3. The Hall–Kier alpha value is -4.10. The van der Waals surface area contributed by atoms with Crippen LogP contribution in [0.3, 0.4) is 0 Å². The van der Waals surface area contributed by atoms with Crippen LogP contribution in [0, 0.1) is 0 Å². The number of amides is 3. The quantitative estimate of drug-likeness (QED) is 0.172. The molecule has 228 valence electrons. The number of aromatic nitrogens is 2. The average molecular weight is 682 g/mol. The summed E-state index contributed by atoms with van der Waals surface area (Å²) >= 11 is 9.47. The van der Waals surface area contributed by atoms with E-state index >= 15 is 0 Å². The lowest BCUT2D eigenvalue weighted by Gasteiger charge is -2.23. The monoisotopic (exact) mass is 680 g/mol. The first-order valence-corrected chi connectivity index (χ1v) is 15.1. The van der Waals surface area contributed by atoms with E-state index in [0.29, 0.717) is 38.1 Å². The maximum atomic E-state index is 12.9. The van der Waals surface area contributed by atoms with Crippen molar-refractivity contribution in [1.82, 2.24) is 25.5 Å². The molecule has 0 fully saturated rings. The Labute approximate surface area is 265 Å². The number of fused-ring (bicyclic) bond motifs is 2. The molecule has 4 aromatic rings. The molecule has 5 rings (SSSR count). The van der Waals surface area contributed by atoms with Gasteiger partial charge in [0.1, 0.15) is 6.04 Å². The Kier molecular flexibility index (Phi) is 9.45. The maximum absolute atomic E-state index is 12.9. The molecule has 13 heteroatoms. The van der Waals surface area contributed by atoms with Crippen molar-refractivity contribution in [3.05, 3.63) is 97.5 Å². The van der Waals surface area contributed by atoms with Crippen LogP contribution in [0.5, 0.6) is 0 Å². The number of aliphatic hydroxyl groups excluding tert-OH is 1. The normalized spacial score (nSPS) is 14.4. The van der Waals surface area contributed by atoms with Crippen molar-refractivity contribution in [2.75, 3.05) is 6.54 Å². The van der Waals surface area contributed by atoms with Crippen LogP contribution in [0.4, 0.5) is 0 Å². The van der Waals surface area contributed by atoms with Gasteiger partial charge in [-0.25, -0.2) is 4.98 Å². The highest BCUT2D eigenvalue weighted by atomic mass is 79.9.